The molecule has 146 valence electrons. The minimum absolute atomic E-state index is 0.0955. The molecule has 0 radical (unpaired) electrons. The van der Waals surface area contributed by atoms with Crippen LogP contribution in [0.5, 0.6) is 0 Å². The summed E-state index contributed by atoms with van der Waals surface area (Å²) in [4.78, 5) is 36.4. The topological polar surface area (TPSA) is 105 Å². The van der Waals surface area contributed by atoms with Gasteiger partial charge in [0.15, 0.2) is 0 Å². The molecule has 1 aliphatic rings. The van der Waals surface area contributed by atoms with E-state index >= 15 is 0 Å². The first kappa shape index (κ1) is 18.5. The van der Waals surface area contributed by atoms with Crippen LogP contribution in [0.25, 0.3) is 4.96 Å². The fourth-order valence-corrected chi connectivity index (χ4v) is 3.98. The first-order chi connectivity index (χ1) is 13.6. The Hall–Kier alpha value is -2.85. The molecular formula is C18H21N7O2S. The van der Waals surface area contributed by atoms with Crippen molar-refractivity contribution in [2.45, 2.75) is 32.5 Å². The third-order valence-electron chi connectivity index (χ3n) is 4.57. The maximum Gasteiger partial charge on any atom is 0.237 e. The molecule has 0 aromatic carbocycles. The second-order valence-electron chi connectivity index (χ2n) is 6.66. The molecule has 0 aliphatic carbocycles. The summed E-state index contributed by atoms with van der Waals surface area (Å²) in [5, 5.41) is 10.9. The Balaban J connectivity index is 1.36. The van der Waals surface area contributed by atoms with Crippen LogP contribution in [0.2, 0.25) is 0 Å². The fraction of sp³-hybridized carbons (Fsp3) is 0.389. The van der Waals surface area contributed by atoms with Crippen LogP contribution < -0.4 is 10.6 Å². The van der Waals surface area contributed by atoms with Gasteiger partial charge in [0.1, 0.15) is 5.01 Å². The number of hydrogen-bond donors (Lipinski definition) is 2. The number of aryl methyl sites for hydroxylation is 1. The first-order valence-electron chi connectivity index (χ1n) is 9.08. The molecule has 0 saturated carbocycles. The van der Waals surface area contributed by atoms with Crippen LogP contribution in [-0.4, -0.2) is 55.4 Å². The lowest BCUT2D eigenvalue weighted by atomic mass is 10.1. The van der Waals surface area contributed by atoms with Gasteiger partial charge in [-0.05, 0) is 19.1 Å². The number of hydrogen-bond acceptors (Lipinski definition) is 7. The smallest absolute Gasteiger partial charge is 0.237 e. The molecule has 4 heterocycles. The Morgan fingerprint density at radius 3 is 3.07 bits per heavy atom. The highest BCUT2D eigenvalue weighted by Crippen LogP contribution is 2.14. The van der Waals surface area contributed by atoms with E-state index in [9.17, 15) is 9.59 Å². The molecule has 3 aromatic rings. The lowest BCUT2D eigenvalue weighted by Crippen LogP contribution is -2.56. The molecule has 1 fully saturated rings. The van der Waals surface area contributed by atoms with E-state index in [-0.39, 0.29) is 18.2 Å². The summed E-state index contributed by atoms with van der Waals surface area (Å²) >= 11 is 1.50. The molecule has 1 aliphatic heterocycles. The van der Waals surface area contributed by atoms with Crippen LogP contribution in [0, 0.1) is 6.92 Å². The zero-order valence-corrected chi connectivity index (χ0v) is 16.3. The molecule has 10 heteroatoms. The van der Waals surface area contributed by atoms with Crippen molar-refractivity contribution in [1.82, 2.24) is 35.1 Å². The zero-order chi connectivity index (χ0) is 19.5. The van der Waals surface area contributed by atoms with E-state index in [1.807, 2.05) is 30.0 Å². The van der Waals surface area contributed by atoms with Gasteiger partial charge in [-0.25, -0.2) is 9.50 Å². The molecule has 1 atom stereocenters. The van der Waals surface area contributed by atoms with Gasteiger partial charge in [0.2, 0.25) is 16.8 Å². The molecular weight excluding hydrogens is 378 g/mol. The molecule has 0 spiro atoms. The third-order valence-corrected chi connectivity index (χ3v) is 5.41. The average molecular weight is 399 g/mol. The monoisotopic (exact) mass is 399 g/mol. The number of rotatable bonds is 6. The Kier molecular flexibility index (Phi) is 5.31. The van der Waals surface area contributed by atoms with Gasteiger partial charge >= 0.3 is 0 Å². The number of piperazine rings is 1. The van der Waals surface area contributed by atoms with Crippen molar-refractivity contribution in [2.75, 3.05) is 13.1 Å². The van der Waals surface area contributed by atoms with E-state index in [1.165, 1.54) is 11.3 Å². The van der Waals surface area contributed by atoms with Gasteiger partial charge in [-0.1, -0.05) is 17.4 Å². The number of pyridine rings is 1. The van der Waals surface area contributed by atoms with E-state index in [1.54, 1.807) is 16.9 Å². The van der Waals surface area contributed by atoms with E-state index < -0.39 is 6.04 Å². The number of carbonyl (C=O) groups is 2. The summed E-state index contributed by atoms with van der Waals surface area (Å²) in [6.45, 7) is 4.02. The first-order valence-corrected chi connectivity index (χ1v) is 9.90. The highest BCUT2D eigenvalue weighted by molar-refractivity contribution is 7.16. The highest BCUT2D eigenvalue weighted by Gasteiger charge is 2.31. The van der Waals surface area contributed by atoms with Crippen molar-refractivity contribution < 1.29 is 9.59 Å². The standard InChI is InChI=1S/C18H21N7O2S/c1-12-23-25-11-14(22-18(25)28-12)9-21-16(26)8-15-17(27)20-6-7-24(15)10-13-4-2-3-5-19-13/h2-5,11,15H,6-10H2,1H3,(H,20,27)(H,21,26)/t15-/m0/s1. The van der Waals surface area contributed by atoms with Gasteiger partial charge in [0.25, 0.3) is 0 Å². The van der Waals surface area contributed by atoms with Crippen molar-refractivity contribution in [3.8, 4) is 0 Å². The summed E-state index contributed by atoms with van der Waals surface area (Å²) in [7, 11) is 0. The van der Waals surface area contributed by atoms with E-state index in [2.05, 4.69) is 25.7 Å². The normalized spacial score (nSPS) is 17.6. The highest BCUT2D eigenvalue weighted by atomic mass is 32.1. The number of nitrogens with one attached hydrogen (secondary N) is 2. The SMILES string of the molecule is Cc1nn2cc(CNC(=O)C[C@H]3C(=O)NCCN3Cc3ccccn3)nc2s1. The number of aromatic nitrogens is 4. The van der Waals surface area contributed by atoms with Crippen molar-refractivity contribution in [3.63, 3.8) is 0 Å². The number of imidazole rings is 1. The molecule has 28 heavy (non-hydrogen) atoms. The minimum atomic E-state index is -0.509. The molecule has 1 saturated heterocycles. The second kappa shape index (κ2) is 8.03. The Morgan fingerprint density at radius 1 is 1.39 bits per heavy atom. The van der Waals surface area contributed by atoms with Crippen molar-refractivity contribution in [1.29, 1.82) is 0 Å². The van der Waals surface area contributed by atoms with Gasteiger partial charge in [0.05, 0.1) is 36.6 Å². The predicted molar refractivity (Wildman–Crippen MR) is 104 cm³/mol. The molecule has 3 aromatic heterocycles. The summed E-state index contributed by atoms with van der Waals surface area (Å²) in [5.41, 5.74) is 1.62. The molecule has 9 nitrogen and oxygen atoms in total. The quantitative estimate of drug-likeness (QED) is 0.626. The van der Waals surface area contributed by atoms with Gasteiger partial charge in [-0.15, -0.1) is 0 Å². The van der Waals surface area contributed by atoms with E-state index in [0.29, 0.717) is 26.2 Å². The van der Waals surface area contributed by atoms with Gasteiger partial charge < -0.3 is 10.6 Å². The van der Waals surface area contributed by atoms with Crippen LogP contribution in [-0.2, 0) is 22.7 Å². The fourth-order valence-electron chi connectivity index (χ4n) is 3.24. The number of nitrogens with zero attached hydrogens (tertiary/aromatic N) is 5. The molecule has 0 unspecified atom stereocenters. The van der Waals surface area contributed by atoms with Crippen molar-refractivity contribution in [3.05, 3.63) is 47.0 Å². The summed E-state index contributed by atoms with van der Waals surface area (Å²) < 4.78 is 1.71. The van der Waals surface area contributed by atoms with E-state index in [4.69, 9.17) is 0 Å². The van der Waals surface area contributed by atoms with Crippen molar-refractivity contribution in [2.24, 2.45) is 0 Å². The molecule has 0 bridgehead atoms. The van der Waals surface area contributed by atoms with Crippen LogP contribution in [0.15, 0.2) is 30.6 Å². The van der Waals surface area contributed by atoms with Crippen molar-refractivity contribution >= 4 is 28.1 Å². The lowest BCUT2D eigenvalue weighted by Gasteiger charge is -2.34. The predicted octanol–water partition coefficient (Wildman–Crippen LogP) is 0.501. The van der Waals surface area contributed by atoms with Crippen LogP contribution >= 0.6 is 11.3 Å². The van der Waals surface area contributed by atoms with Crippen LogP contribution in [0.1, 0.15) is 22.8 Å². The molecule has 4 rings (SSSR count). The van der Waals surface area contributed by atoms with Crippen LogP contribution in [0.4, 0.5) is 0 Å². The Bertz CT molecular complexity index is 953. The summed E-state index contributed by atoms with van der Waals surface area (Å²) in [5.74, 6) is -0.312. The largest absolute Gasteiger partial charge is 0.353 e. The summed E-state index contributed by atoms with van der Waals surface area (Å²) in [6, 6.07) is 5.18. The Morgan fingerprint density at radius 2 is 2.29 bits per heavy atom. The average Bonchev–Trinajstić information content (AvgIpc) is 3.20. The number of fused-ring (bicyclic) bond motifs is 1. The minimum Gasteiger partial charge on any atom is -0.353 e. The van der Waals surface area contributed by atoms with Crippen LogP contribution in [0.3, 0.4) is 0 Å². The lowest BCUT2D eigenvalue weighted by molar-refractivity contribution is -0.134. The second-order valence-corrected chi connectivity index (χ2v) is 7.82. The maximum atomic E-state index is 12.5. The van der Waals surface area contributed by atoms with Gasteiger partial charge in [-0.2, -0.15) is 5.10 Å². The third kappa shape index (κ3) is 4.18. The Labute approximate surface area is 165 Å². The van der Waals surface area contributed by atoms with E-state index in [0.717, 1.165) is 21.4 Å². The van der Waals surface area contributed by atoms with Gasteiger partial charge in [0, 0.05) is 25.8 Å². The van der Waals surface area contributed by atoms with Gasteiger partial charge in [-0.3, -0.25) is 19.5 Å². The summed E-state index contributed by atoms with van der Waals surface area (Å²) in [6.07, 6.45) is 3.63. The molecule has 2 N–H and O–H groups in total. The maximum absolute atomic E-state index is 12.5. The number of carbonyl (C=O) groups excluding carboxylic acids is 2. The number of amides is 2. The zero-order valence-electron chi connectivity index (χ0n) is 15.5. The molecule has 2 amide bonds.